The normalized spacial score (nSPS) is 13.5. The van der Waals surface area contributed by atoms with Crippen LogP contribution in [0.1, 0.15) is 18.7 Å². The molecule has 0 unspecified atom stereocenters. The molecule has 0 radical (unpaired) electrons. The summed E-state index contributed by atoms with van der Waals surface area (Å²) in [6, 6.07) is 22.1. The number of hydrogen-bond donors (Lipinski definition) is 0. The Morgan fingerprint density at radius 2 is 1.81 bits per heavy atom. The van der Waals surface area contributed by atoms with Gasteiger partial charge in [-0.25, -0.2) is 0 Å². The van der Waals surface area contributed by atoms with Crippen molar-refractivity contribution in [1.29, 1.82) is 0 Å². The summed E-state index contributed by atoms with van der Waals surface area (Å²) in [5.74, 6) is 1.25. The highest BCUT2D eigenvalue weighted by Gasteiger charge is 2.33. The fourth-order valence-electron chi connectivity index (χ4n) is 3.50. The summed E-state index contributed by atoms with van der Waals surface area (Å²) in [5, 5.41) is 11.2. The van der Waals surface area contributed by atoms with E-state index < -0.39 is 0 Å². The van der Waals surface area contributed by atoms with Gasteiger partial charge in [0.1, 0.15) is 0 Å². The Kier molecular flexibility index (Phi) is 5.66. The van der Waals surface area contributed by atoms with E-state index in [2.05, 4.69) is 40.5 Å². The molecule has 1 aliphatic rings. The predicted molar refractivity (Wildman–Crippen MR) is 123 cm³/mol. The maximum absolute atomic E-state index is 13.0. The second kappa shape index (κ2) is 8.73. The Morgan fingerprint density at radius 3 is 2.61 bits per heavy atom. The molecule has 5 nitrogen and oxygen atoms in total. The molecule has 0 spiro atoms. The highest BCUT2D eigenvalue weighted by atomic mass is 35.5. The Balaban J connectivity index is 1.26. The van der Waals surface area contributed by atoms with Crippen LogP contribution in [-0.2, 0) is 11.3 Å². The zero-order valence-corrected chi connectivity index (χ0v) is 18.3. The van der Waals surface area contributed by atoms with Crippen molar-refractivity contribution in [2.24, 2.45) is 0 Å². The number of fused-ring (bicyclic) bond motifs is 1. The number of benzene rings is 3. The molecule has 0 N–H and O–H groups in total. The van der Waals surface area contributed by atoms with E-state index in [1.165, 1.54) is 10.8 Å². The van der Waals surface area contributed by atoms with Gasteiger partial charge in [0.25, 0.3) is 0 Å². The molecule has 0 atom stereocenters. The molecule has 5 rings (SSSR count). The quantitative estimate of drug-likeness (QED) is 0.332. The molecule has 3 aromatic carbocycles. The van der Waals surface area contributed by atoms with Crippen LogP contribution in [0.25, 0.3) is 22.2 Å². The third-order valence-electron chi connectivity index (χ3n) is 5.27. The number of rotatable bonds is 7. The average Bonchev–Trinajstić information content (AvgIpc) is 3.53. The lowest BCUT2D eigenvalue weighted by atomic mass is 10.1. The summed E-state index contributed by atoms with van der Waals surface area (Å²) in [4.78, 5) is 15.9. The van der Waals surface area contributed by atoms with Crippen LogP contribution in [0.4, 0.5) is 0 Å². The number of nitrogens with zero attached hydrogens (tertiary/aromatic N) is 3. The van der Waals surface area contributed by atoms with Crippen molar-refractivity contribution in [2.75, 3.05) is 5.75 Å². The lowest BCUT2D eigenvalue weighted by molar-refractivity contribution is -0.129. The lowest BCUT2D eigenvalue weighted by Gasteiger charge is -2.20. The number of halogens is 1. The summed E-state index contributed by atoms with van der Waals surface area (Å²) in [5.41, 5.74) is 0.694. The Hall–Kier alpha value is -2.83. The SMILES string of the molecule is O=C(CSc1ccc2ccccc2c1)N(Cc1nnc(-c2ccccc2Cl)o1)C1CC1. The highest BCUT2D eigenvalue weighted by Crippen LogP contribution is 2.31. The first kappa shape index (κ1) is 20.1. The molecule has 4 aromatic rings. The molecular formula is C24H20ClN3O2S. The molecule has 1 heterocycles. The minimum Gasteiger partial charge on any atom is -0.419 e. The van der Waals surface area contributed by atoms with Crippen molar-refractivity contribution in [2.45, 2.75) is 30.3 Å². The van der Waals surface area contributed by atoms with Gasteiger partial charge in [0.2, 0.25) is 17.7 Å². The number of aromatic nitrogens is 2. The molecule has 31 heavy (non-hydrogen) atoms. The summed E-state index contributed by atoms with van der Waals surface area (Å²) >= 11 is 7.78. The first-order valence-electron chi connectivity index (χ1n) is 10.2. The van der Waals surface area contributed by atoms with E-state index in [1.807, 2.05) is 35.2 Å². The fraction of sp³-hybridized carbons (Fsp3) is 0.208. The minimum absolute atomic E-state index is 0.0816. The molecule has 156 valence electrons. The Morgan fingerprint density at radius 1 is 1.03 bits per heavy atom. The van der Waals surface area contributed by atoms with Crippen LogP contribution < -0.4 is 0 Å². The Labute approximate surface area is 189 Å². The van der Waals surface area contributed by atoms with E-state index in [9.17, 15) is 4.79 Å². The molecule has 1 aromatic heterocycles. The number of carbonyl (C=O) groups is 1. The Bertz CT molecular complexity index is 1240. The van der Waals surface area contributed by atoms with E-state index >= 15 is 0 Å². The molecule has 1 aliphatic carbocycles. The van der Waals surface area contributed by atoms with E-state index in [1.54, 1.807) is 17.8 Å². The average molecular weight is 450 g/mol. The van der Waals surface area contributed by atoms with Crippen LogP contribution >= 0.6 is 23.4 Å². The van der Waals surface area contributed by atoms with Crippen LogP contribution in [0.5, 0.6) is 0 Å². The van der Waals surface area contributed by atoms with E-state index in [4.69, 9.17) is 16.0 Å². The third-order valence-corrected chi connectivity index (χ3v) is 6.58. The molecule has 0 saturated heterocycles. The smallest absolute Gasteiger partial charge is 0.249 e. The zero-order valence-electron chi connectivity index (χ0n) is 16.7. The second-order valence-corrected chi connectivity index (χ2v) is 8.99. The number of amides is 1. The van der Waals surface area contributed by atoms with Crippen LogP contribution in [0, 0.1) is 0 Å². The van der Waals surface area contributed by atoms with Gasteiger partial charge in [-0.05, 0) is 47.9 Å². The van der Waals surface area contributed by atoms with Gasteiger partial charge in [-0.1, -0.05) is 54.1 Å². The monoisotopic (exact) mass is 449 g/mol. The summed E-state index contributed by atoms with van der Waals surface area (Å²) in [6.45, 7) is 0.319. The van der Waals surface area contributed by atoms with Crippen molar-refractivity contribution in [1.82, 2.24) is 15.1 Å². The van der Waals surface area contributed by atoms with Gasteiger partial charge in [-0.2, -0.15) is 0 Å². The maximum Gasteiger partial charge on any atom is 0.249 e. The zero-order chi connectivity index (χ0) is 21.2. The minimum atomic E-state index is 0.0816. The van der Waals surface area contributed by atoms with Crippen LogP contribution in [0.3, 0.4) is 0 Å². The van der Waals surface area contributed by atoms with Gasteiger partial charge in [0, 0.05) is 10.9 Å². The molecule has 0 aliphatic heterocycles. The van der Waals surface area contributed by atoms with Crippen molar-refractivity contribution in [3.8, 4) is 11.5 Å². The lowest BCUT2D eigenvalue weighted by Crippen LogP contribution is -2.34. The van der Waals surface area contributed by atoms with E-state index in [-0.39, 0.29) is 11.9 Å². The van der Waals surface area contributed by atoms with Crippen molar-refractivity contribution >= 4 is 40.0 Å². The second-order valence-electron chi connectivity index (χ2n) is 7.53. The van der Waals surface area contributed by atoms with Crippen molar-refractivity contribution in [3.63, 3.8) is 0 Å². The largest absolute Gasteiger partial charge is 0.419 e. The van der Waals surface area contributed by atoms with Gasteiger partial charge in [0.05, 0.1) is 22.9 Å². The topological polar surface area (TPSA) is 59.2 Å². The van der Waals surface area contributed by atoms with E-state index in [0.29, 0.717) is 34.7 Å². The van der Waals surface area contributed by atoms with Gasteiger partial charge in [0.15, 0.2) is 0 Å². The van der Waals surface area contributed by atoms with Gasteiger partial charge in [-0.15, -0.1) is 22.0 Å². The summed E-state index contributed by atoms with van der Waals surface area (Å²) in [7, 11) is 0. The van der Waals surface area contributed by atoms with Crippen LogP contribution in [-0.4, -0.2) is 32.8 Å². The molecule has 1 saturated carbocycles. The standard InChI is InChI=1S/C24H20ClN3O2S/c25-21-8-4-3-7-20(21)24-27-26-22(30-24)14-28(18-10-11-18)23(29)15-31-19-12-9-16-5-1-2-6-17(16)13-19/h1-9,12-13,18H,10-11,14-15H2. The molecule has 1 amide bonds. The van der Waals surface area contributed by atoms with Crippen LogP contribution in [0.2, 0.25) is 5.02 Å². The van der Waals surface area contributed by atoms with Gasteiger partial charge >= 0.3 is 0 Å². The number of thioether (sulfide) groups is 1. The van der Waals surface area contributed by atoms with Crippen molar-refractivity contribution < 1.29 is 9.21 Å². The highest BCUT2D eigenvalue weighted by molar-refractivity contribution is 8.00. The number of hydrogen-bond acceptors (Lipinski definition) is 5. The maximum atomic E-state index is 13.0. The third kappa shape index (κ3) is 4.60. The molecule has 7 heteroatoms. The first-order chi connectivity index (χ1) is 15.2. The molecule has 0 bridgehead atoms. The van der Waals surface area contributed by atoms with Crippen molar-refractivity contribution in [3.05, 3.63) is 77.6 Å². The summed E-state index contributed by atoms with van der Waals surface area (Å²) < 4.78 is 5.81. The first-order valence-corrected chi connectivity index (χ1v) is 11.5. The van der Waals surface area contributed by atoms with Gasteiger partial charge < -0.3 is 9.32 Å². The summed E-state index contributed by atoms with van der Waals surface area (Å²) in [6.07, 6.45) is 2.02. The van der Waals surface area contributed by atoms with E-state index in [0.717, 1.165) is 17.7 Å². The van der Waals surface area contributed by atoms with Crippen LogP contribution in [0.15, 0.2) is 76.0 Å². The number of carbonyl (C=O) groups excluding carboxylic acids is 1. The molecule has 1 fully saturated rings. The molecular weight excluding hydrogens is 430 g/mol. The fourth-order valence-corrected chi connectivity index (χ4v) is 4.55. The predicted octanol–water partition coefficient (Wildman–Crippen LogP) is 5.83. The van der Waals surface area contributed by atoms with Gasteiger partial charge in [-0.3, -0.25) is 4.79 Å².